The van der Waals surface area contributed by atoms with Gasteiger partial charge in [-0.05, 0) is 24.6 Å². The fourth-order valence-corrected chi connectivity index (χ4v) is 1.85. The van der Waals surface area contributed by atoms with E-state index in [-0.39, 0.29) is 11.8 Å². The fraction of sp³-hybridized carbons (Fsp3) is 0.231. The van der Waals surface area contributed by atoms with Crippen LogP contribution in [0, 0.1) is 0 Å². The number of H-pyrrole nitrogens is 1. The van der Waals surface area contributed by atoms with E-state index >= 15 is 0 Å². The highest BCUT2D eigenvalue weighted by Gasteiger charge is 2.10. The molecule has 2 rings (SSSR count). The van der Waals surface area contributed by atoms with Gasteiger partial charge in [0, 0.05) is 23.5 Å². The standard InChI is InChI=1S/C13H13NO3/c1-8(15)5-10-7-14-12-6-9(13(16)17-2)3-4-11(10)12/h3-4,6-7,14H,5H2,1-2H3. The van der Waals surface area contributed by atoms with E-state index in [4.69, 9.17) is 0 Å². The van der Waals surface area contributed by atoms with Crippen LogP contribution in [-0.2, 0) is 16.0 Å². The van der Waals surface area contributed by atoms with Crippen molar-refractivity contribution in [1.82, 2.24) is 4.98 Å². The lowest BCUT2D eigenvalue weighted by atomic mass is 10.1. The molecule has 0 fully saturated rings. The Morgan fingerprint density at radius 1 is 1.35 bits per heavy atom. The third kappa shape index (κ3) is 2.20. The van der Waals surface area contributed by atoms with Crippen LogP contribution in [0.5, 0.6) is 0 Å². The number of aromatic nitrogens is 1. The molecule has 0 saturated carbocycles. The zero-order valence-corrected chi connectivity index (χ0v) is 9.74. The maximum atomic E-state index is 11.4. The molecule has 0 amide bonds. The lowest BCUT2D eigenvalue weighted by molar-refractivity contribution is -0.116. The third-order valence-electron chi connectivity index (χ3n) is 2.63. The first-order valence-corrected chi connectivity index (χ1v) is 5.29. The summed E-state index contributed by atoms with van der Waals surface area (Å²) in [5.41, 5.74) is 2.28. The number of carbonyl (C=O) groups is 2. The first-order valence-electron chi connectivity index (χ1n) is 5.29. The van der Waals surface area contributed by atoms with E-state index in [0.29, 0.717) is 12.0 Å². The molecule has 1 aromatic carbocycles. The predicted octanol–water partition coefficient (Wildman–Crippen LogP) is 2.09. The molecule has 1 N–H and O–H groups in total. The molecule has 1 aromatic heterocycles. The van der Waals surface area contributed by atoms with Crippen LogP contribution < -0.4 is 0 Å². The molecule has 88 valence electrons. The molecule has 4 heteroatoms. The van der Waals surface area contributed by atoms with Crippen LogP contribution in [0.4, 0.5) is 0 Å². The molecule has 0 atom stereocenters. The van der Waals surface area contributed by atoms with Crippen LogP contribution in [-0.4, -0.2) is 23.8 Å². The smallest absolute Gasteiger partial charge is 0.337 e. The van der Waals surface area contributed by atoms with Crippen molar-refractivity contribution in [1.29, 1.82) is 0 Å². The minimum Gasteiger partial charge on any atom is -0.465 e. The molecule has 0 bridgehead atoms. The summed E-state index contributed by atoms with van der Waals surface area (Å²) in [6.45, 7) is 1.56. The Balaban J connectivity index is 2.44. The highest BCUT2D eigenvalue weighted by atomic mass is 16.5. The summed E-state index contributed by atoms with van der Waals surface area (Å²) in [6.07, 6.45) is 2.20. The summed E-state index contributed by atoms with van der Waals surface area (Å²) >= 11 is 0. The Morgan fingerprint density at radius 2 is 2.12 bits per heavy atom. The Bertz CT molecular complexity index is 583. The summed E-state index contributed by atoms with van der Waals surface area (Å²) < 4.78 is 4.65. The second kappa shape index (κ2) is 4.41. The molecule has 0 aliphatic rings. The first-order chi connectivity index (χ1) is 8.11. The second-order valence-corrected chi connectivity index (χ2v) is 3.94. The topological polar surface area (TPSA) is 59.2 Å². The number of rotatable bonds is 3. The molecule has 1 heterocycles. The van der Waals surface area contributed by atoms with Crippen molar-refractivity contribution in [2.45, 2.75) is 13.3 Å². The van der Waals surface area contributed by atoms with Crippen LogP contribution in [0.3, 0.4) is 0 Å². The van der Waals surface area contributed by atoms with Crippen LogP contribution in [0.25, 0.3) is 10.9 Å². The molecule has 0 aliphatic carbocycles. The number of nitrogens with one attached hydrogen (secondary N) is 1. The number of carbonyl (C=O) groups excluding carboxylic acids is 2. The van der Waals surface area contributed by atoms with Crippen LogP contribution >= 0.6 is 0 Å². The lowest BCUT2D eigenvalue weighted by Crippen LogP contribution is -2.00. The van der Waals surface area contributed by atoms with Crippen molar-refractivity contribution < 1.29 is 14.3 Å². The Kier molecular flexibility index (Phi) is 2.95. The molecule has 0 aliphatic heterocycles. The van der Waals surface area contributed by atoms with Gasteiger partial charge in [-0.2, -0.15) is 0 Å². The van der Waals surface area contributed by atoms with Gasteiger partial charge in [-0.3, -0.25) is 4.79 Å². The van der Waals surface area contributed by atoms with Crippen molar-refractivity contribution in [2.24, 2.45) is 0 Å². The fourth-order valence-electron chi connectivity index (χ4n) is 1.85. The van der Waals surface area contributed by atoms with Gasteiger partial charge >= 0.3 is 5.97 Å². The third-order valence-corrected chi connectivity index (χ3v) is 2.63. The zero-order chi connectivity index (χ0) is 12.4. The predicted molar refractivity (Wildman–Crippen MR) is 64.0 cm³/mol. The van der Waals surface area contributed by atoms with E-state index in [1.165, 1.54) is 7.11 Å². The second-order valence-electron chi connectivity index (χ2n) is 3.94. The first kappa shape index (κ1) is 11.4. The van der Waals surface area contributed by atoms with E-state index in [1.54, 1.807) is 25.3 Å². The van der Waals surface area contributed by atoms with E-state index in [1.807, 2.05) is 6.07 Å². The van der Waals surface area contributed by atoms with Crippen LogP contribution in [0.2, 0.25) is 0 Å². The maximum absolute atomic E-state index is 11.4. The molecule has 2 aromatic rings. The summed E-state index contributed by atoms with van der Waals surface area (Å²) in [4.78, 5) is 25.5. The van der Waals surface area contributed by atoms with Crippen molar-refractivity contribution in [3.05, 3.63) is 35.5 Å². The minimum absolute atomic E-state index is 0.114. The van der Waals surface area contributed by atoms with E-state index in [0.717, 1.165) is 16.5 Å². The number of hydrogen-bond acceptors (Lipinski definition) is 3. The van der Waals surface area contributed by atoms with Crippen LogP contribution in [0.1, 0.15) is 22.8 Å². The molecule has 17 heavy (non-hydrogen) atoms. The molecule has 0 saturated heterocycles. The lowest BCUT2D eigenvalue weighted by Gasteiger charge is -2.00. The van der Waals surface area contributed by atoms with Gasteiger partial charge in [0.25, 0.3) is 0 Å². The van der Waals surface area contributed by atoms with Crippen molar-refractivity contribution >= 4 is 22.7 Å². The molecule has 0 spiro atoms. The largest absolute Gasteiger partial charge is 0.465 e. The molecule has 0 unspecified atom stereocenters. The highest BCUT2D eigenvalue weighted by molar-refractivity contribution is 5.96. The van der Waals surface area contributed by atoms with E-state index in [9.17, 15) is 9.59 Å². The van der Waals surface area contributed by atoms with Gasteiger partial charge in [-0.1, -0.05) is 6.07 Å². The van der Waals surface area contributed by atoms with Gasteiger partial charge in [0.2, 0.25) is 0 Å². The number of methoxy groups -OCH3 is 1. The summed E-state index contributed by atoms with van der Waals surface area (Å²) in [5, 5.41) is 0.966. The molecular weight excluding hydrogens is 218 g/mol. The van der Waals surface area contributed by atoms with Crippen molar-refractivity contribution in [3.8, 4) is 0 Å². The average molecular weight is 231 g/mol. The van der Waals surface area contributed by atoms with Crippen LogP contribution in [0.15, 0.2) is 24.4 Å². The number of benzene rings is 1. The Morgan fingerprint density at radius 3 is 2.76 bits per heavy atom. The number of ether oxygens (including phenoxy) is 1. The Hall–Kier alpha value is -2.10. The van der Waals surface area contributed by atoms with Crippen molar-refractivity contribution in [2.75, 3.05) is 7.11 Å². The summed E-state index contributed by atoms with van der Waals surface area (Å²) in [5.74, 6) is -0.252. The molecular formula is C13H13NO3. The maximum Gasteiger partial charge on any atom is 0.337 e. The van der Waals surface area contributed by atoms with Gasteiger partial charge < -0.3 is 9.72 Å². The van der Waals surface area contributed by atoms with Gasteiger partial charge in [-0.25, -0.2) is 4.79 Å². The van der Waals surface area contributed by atoms with Crippen molar-refractivity contribution in [3.63, 3.8) is 0 Å². The number of hydrogen-bond donors (Lipinski definition) is 1. The summed E-state index contributed by atoms with van der Waals surface area (Å²) in [6, 6.07) is 5.26. The number of Topliss-reactive ketones (excluding diaryl/α,β-unsaturated/α-hetero) is 1. The SMILES string of the molecule is COC(=O)c1ccc2c(CC(C)=O)c[nH]c2c1. The zero-order valence-electron chi connectivity index (χ0n) is 9.74. The summed E-state index contributed by atoms with van der Waals surface area (Å²) in [7, 11) is 1.35. The number of fused-ring (bicyclic) bond motifs is 1. The van der Waals surface area contributed by atoms with E-state index < -0.39 is 0 Å². The highest BCUT2D eigenvalue weighted by Crippen LogP contribution is 2.20. The molecule has 4 nitrogen and oxygen atoms in total. The van der Waals surface area contributed by atoms with Gasteiger partial charge in [0.1, 0.15) is 5.78 Å². The monoisotopic (exact) mass is 231 g/mol. The Labute approximate surface area is 98.6 Å². The molecule has 0 radical (unpaired) electrons. The van der Waals surface area contributed by atoms with Gasteiger partial charge in [-0.15, -0.1) is 0 Å². The van der Waals surface area contributed by atoms with E-state index in [2.05, 4.69) is 9.72 Å². The van der Waals surface area contributed by atoms with Gasteiger partial charge in [0.15, 0.2) is 0 Å². The number of aromatic amines is 1. The normalized spacial score (nSPS) is 10.5. The number of ketones is 1. The minimum atomic E-state index is -0.366. The quantitative estimate of drug-likeness (QED) is 0.823. The van der Waals surface area contributed by atoms with Gasteiger partial charge in [0.05, 0.1) is 12.7 Å². The number of esters is 1. The average Bonchev–Trinajstić information content (AvgIpc) is 2.70.